The van der Waals surface area contributed by atoms with Crippen LogP contribution in [0.4, 0.5) is 5.69 Å². The van der Waals surface area contributed by atoms with Crippen molar-refractivity contribution >= 4 is 35.3 Å². The number of amides is 2. The van der Waals surface area contributed by atoms with Crippen molar-refractivity contribution in [1.29, 1.82) is 5.41 Å². The number of benzene rings is 2. The molecule has 0 saturated carbocycles. The number of nitrogen functional groups attached to an aromatic ring is 1. The minimum Gasteiger partial charge on any atom is -0.384 e. The van der Waals surface area contributed by atoms with Crippen LogP contribution in [0.25, 0.3) is 0 Å². The quantitative estimate of drug-likeness (QED) is 0.333. The van der Waals surface area contributed by atoms with Crippen LogP contribution in [0.5, 0.6) is 0 Å². The molecular formula is C26H33N5O2S. The monoisotopic (exact) mass is 479 g/mol. The van der Waals surface area contributed by atoms with E-state index < -0.39 is 6.04 Å². The normalized spacial score (nSPS) is 21.4. The van der Waals surface area contributed by atoms with Gasteiger partial charge in [-0.2, -0.15) is 0 Å². The van der Waals surface area contributed by atoms with Gasteiger partial charge in [-0.15, -0.1) is 0 Å². The summed E-state index contributed by atoms with van der Waals surface area (Å²) in [6.07, 6.45) is 4.97. The molecule has 2 aromatic rings. The lowest BCUT2D eigenvalue weighted by atomic mass is 9.83. The van der Waals surface area contributed by atoms with E-state index >= 15 is 0 Å². The first-order valence-corrected chi connectivity index (χ1v) is 13.0. The summed E-state index contributed by atoms with van der Waals surface area (Å²) in [5, 5.41) is 10.6. The van der Waals surface area contributed by atoms with Crippen LogP contribution in [-0.4, -0.2) is 58.8 Å². The van der Waals surface area contributed by atoms with Gasteiger partial charge in [0.15, 0.2) is 0 Å². The number of hydrogen-bond acceptors (Lipinski definition) is 5. The second-order valence-corrected chi connectivity index (χ2v) is 10.1. The molecule has 2 aromatic carbocycles. The van der Waals surface area contributed by atoms with E-state index in [1.54, 1.807) is 41.1 Å². The molecule has 2 heterocycles. The van der Waals surface area contributed by atoms with Gasteiger partial charge < -0.3 is 16.0 Å². The van der Waals surface area contributed by atoms with Crippen LogP contribution in [0.3, 0.4) is 0 Å². The molecule has 0 aliphatic carbocycles. The molecule has 2 atom stereocenters. The van der Waals surface area contributed by atoms with E-state index in [0.717, 1.165) is 37.2 Å². The molecule has 0 bridgehead atoms. The lowest BCUT2D eigenvalue weighted by Crippen LogP contribution is -2.43. The zero-order valence-corrected chi connectivity index (χ0v) is 20.6. The second-order valence-electron chi connectivity index (χ2n) is 9.26. The van der Waals surface area contributed by atoms with Gasteiger partial charge in [0.05, 0.1) is 0 Å². The Morgan fingerprint density at radius 3 is 2.21 bits per heavy atom. The lowest BCUT2D eigenvalue weighted by molar-refractivity contribution is -0.119. The summed E-state index contributed by atoms with van der Waals surface area (Å²) >= 11 is 1.78. The van der Waals surface area contributed by atoms with Crippen molar-refractivity contribution < 1.29 is 9.59 Å². The van der Waals surface area contributed by atoms with Gasteiger partial charge in [0.1, 0.15) is 11.9 Å². The molecule has 2 aliphatic heterocycles. The van der Waals surface area contributed by atoms with E-state index in [-0.39, 0.29) is 17.6 Å². The Morgan fingerprint density at radius 2 is 1.62 bits per heavy atom. The van der Waals surface area contributed by atoms with E-state index in [0.29, 0.717) is 35.9 Å². The third-order valence-corrected chi connectivity index (χ3v) is 7.96. The van der Waals surface area contributed by atoms with Crippen molar-refractivity contribution in [3.63, 3.8) is 0 Å². The van der Waals surface area contributed by atoms with Crippen molar-refractivity contribution in [1.82, 2.24) is 9.21 Å². The molecule has 2 fully saturated rings. The SMILES string of the molecule is CSN1CCC(C2CC(C(=O)Nc3ccc(C)cc3)N(C(=O)c3ccc(C(=N)N)cc3)C2)CC1. The largest absolute Gasteiger partial charge is 0.384 e. The summed E-state index contributed by atoms with van der Waals surface area (Å²) in [7, 11) is 0. The lowest BCUT2D eigenvalue weighted by Gasteiger charge is -2.33. The van der Waals surface area contributed by atoms with Crippen molar-refractivity contribution in [3.8, 4) is 0 Å². The smallest absolute Gasteiger partial charge is 0.254 e. The molecule has 180 valence electrons. The molecule has 34 heavy (non-hydrogen) atoms. The van der Waals surface area contributed by atoms with Gasteiger partial charge >= 0.3 is 0 Å². The zero-order chi connectivity index (χ0) is 24.2. The molecule has 2 amide bonds. The number of hydrogen-bond donors (Lipinski definition) is 3. The Balaban J connectivity index is 1.53. The van der Waals surface area contributed by atoms with E-state index in [2.05, 4.69) is 15.9 Å². The van der Waals surface area contributed by atoms with Crippen molar-refractivity contribution in [2.45, 2.75) is 32.2 Å². The Hall–Kier alpha value is -2.84. The summed E-state index contributed by atoms with van der Waals surface area (Å²) in [5.41, 5.74) is 8.51. The molecule has 0 radical (unpaired) electrons. The molecule has 4 N–H and O–H groups in total. The van der Waals surface area contributed by atoms with E-state index in [1.807, 2.05) is 31.2 Å². The average molecular weight is 480 g/mol. The average Bonchev–Trinajstić information content (AvgIpc) is 3.31. The van der Waals surface area contributed by atoms with Crippen molar-refractivity contribution in [3.05, 3.63) is 65.2 Å². The van der Waals surface area contributed by atoms with Crippen molar-refractivity contribution in [2.24, 2.45) is 17.6 Å². The number of nitrogens with one attached hydrogen (secondary N) is 2. The zero-order valence-electron chi connectivity index (χ0n) is 19.8. The van der Waals surface area contributed by atoms with Crippen LogP contribution in [0, 0.1) is 24.2 Å². The number of carbonyl (C=O) groups is 2. The summed E-state index contributed by atoms with van der Waals surface area (Å²) in [5.74, 6) is 0.492. The highest BCUT2D eigenvalue weighted by Gasteiger charge is 2.43. The van der Waals surface area contributed by atoms with Crippen LogP contribution >= 0.6 is 11.9 Å². The molecule has 7 nitrogen and oxygen atoms in total. The van der Waals surface area contributed by atoms with Crippen LogP contribution in [-0.2, 0) is 4.79 Å². The van der Waals surface area contributed by atoms with Crippen LogP contribution in [0.2, 0.25) is 0 Å². The number of carbonyl (C=O) groups excluding carboxylic acids is 2. The standard InChI is InChI=1S/C26H33N5O2S/c1-17-3-9-22(10-4-17)29-25(32)23-15-21(18-11-13-30(34-2)14-12-18)16-31(23)26(33)20-7-5-19(6-8-20)24(27)28/h3-10,18,21,23H,11-16H2,1-2H3,(H3,27,28)(H,29,32). The van der Waals surface area contributed by atoms with Gasteiger partial charge in [-0.1, -0.05) is 41.8 Å². The topological polar surface area (TPSA) is 103 Å². The summed E-state index contributed by atoms with van der Waals surface area (Å²) in [4.78, 5) is 28.6. The van der Waals surface area contributed by atoms with Crippen molar-refractivity contribution in [2.75, 3.05) is 31.2 Å². The predicted molar refractivity (Wildman–Crippen MR) is 138 cm³/mol. The van der Waals surface area contributed by atoms with Gasteiger partial charge in [0.25, 0.3) is 5.91 Å². The predicted octanol–water partition coefficient (Wildman–Crippen LogP) is 3.74. The molecule has 0 aromatic heterocycles. The first kappa shape index (κ1) is 24.3. The molecule has 2 saturated heterocycles. The number of rotatable bonds is 6. The molecule has 2 aliphatic rings. The summed E-state index contributed by atoms with van der Waals surface area (Å²) in [6.45, 7) is 4.68. The Kier molecular flexibility index (Phi) is 7.58. The fraction of sp³-hybridized carbons (Fsp3) is 0.423. The highest BCUT2D eigenvalue weighted by Crippen LogP contribution is 2.37. The number of aryl methyl sites for hydroxylation is 1. The van der Waals surface area contributed by atoms with Gasteiger partial charge in [-0.25, -0.2) is 0 Å². The molecule has 2 unspecified atom stereocenters. The van der Waals surface area contributed by atoms with E-state index in [4.69, 9.17) is 11.1 Å². The van der Waals surface area contributed by atoms with Crippen LogP contribution in [0.15, 0.2) is 48.5 Å². The van der Waals surface area contributed by atoms with E-state index in [1.165, 1.54) is 0 Å². The minimum atomic E-state index is -0.509. The molecular weight excluding hydrogens is 446 g/mol. The molecule has 8 heteroatoms. The van der Waals surface area contributed by atoms with Gasteiger partial charge in [-0.05, 0) is 68.5 Å². The molecule has 4 rings (SSSR count). The first-order valence-electron chi connectivity index (χ1n) is 11.8. The third kappa shape index (κ3) is 5.45. The maximum absolute atomic E-state index is 13.5. The maximum Gasteiger partial charge on any atom is 0.254 e. The number of nitrogens with two attached hydrogens (primary N) is 1. The van der Waals surface area contributed by atoms with Crippen LogP contribution in [0.1, 0.15) is 40.7 Å². The number of piperidine rings is 1. The third-order valence-electron chi connectivity index (χ3n) is 7.08. The van der Waals surface area contributed by atoms with Gasteiger partial charge in [0.2, 0.25) is 5.91 Å². The number of anilines is 1. The number of likely N-dealkylation sites (tertiary alicyclic amines) is 1. The van der Waals surface area contributed by atoms with E-state index in [9.17, 15) is 9.59 Å². The van der Waals surface area contributed by atoms with Gasteiger partial charge in [0, 0.05) is 36.4 Å². The Labute approximate surface area is 205 Å². The number of nitrogens with zero attached hydrogens (tertiary/aromatic N) is 2. The second kappa shape index (κ2) is 10.6. The summed E-state index contributed by atoms with van der Waals surface area (Å²) < 4.78 is 2.38. The van der Waals surface area contributed by atoms with Gasteiger partial charge in [-0.3, -0.25) is 19.3 Å². The highest BCUT2D eigenvalue weighted by molar-refractivity contribution is 7.96. The Morgan fingerprint density at radius 1 is 1.00 bits per heavy atom. The number of amidine groups is 1. The highest BCUT2D eigenvalue weighted by atomic mass is 32.2. The maximum atomic E-state index is 13.5. The first-order chi connectivity index (χ1) is 16.4. The summed E-state index contributed by atoms with van der Waals surface area (Å²) in [6, 6.07) is 14.0. The molecule has 0 spiro atoms. The fourth-order valence-corrected chi connectivity index (χ4v) is 5.61. The van der Waals surface area contributed by atoms with Crippen LogP contribution < -0.4 is 11.1 Å². The minimum absolute atomic E-state index is 0.0350. The fourth-order valence-electron chi connectivity index (χ4n) is 5.03. The Bertz CT molecular complexity index is 1030.